The lowest BCUT2D eigenvalue weighted by molar-refractivity contribution is 0.178. The maximum Gasteiger partial charge on any atom is 0.137 e. The van der Waals surface area contributed by atoms with Crippen molar-refractivity contribution in [3.05, 3.63) is 64.2 Å². The van der Waals surface area contributed by atoms with Crippen molar-refractivity contribution in [1.29, 1.82) is 0 Å². The van der Waals surface area contributed by atoms with Gasteiger partial charge in [0, 0.05) is 12.5 Å². The van der Waals surface area contributed by atoms with Crippen LogP contribution in [0.2, 0.25) is 5.02 Å². The smallest absolute Gasteiger partial charge is 0.137 e. The summed E-state index contributed by atoms with van der Waals surface area (Å²) in [7, 11) is 1.49. The first-order valence-corrected chi connectivity index (χ1v) is 6.34. The van der Waals surface area contributed by atoms with E-state index in [-0.39, 0.29) is 6.42 Å². The lowest BCUT2D eigenvalue weighted by Crippen LogP contribution is -2.03. The minimum absolute atomic E-state index is 0.0946. The summed E-state index contributed by atoms with van der Waals surface area (Å²) in [5, 5.41) is 10.5. The summed E-state index contributed by atoms with van der Waals surface area (Å²) in [6.45, 7) is 0. The number of rotatable bonds is 4. The number of benzene rings is 2. The van der Waals surface area contributed by atoms with E-state index in [0.717, 1.165) is 6.07 Å². The molecule has 0 saturated heterocycles. The molecule has 2 rings (SSSR count). The van der Waals surface area contributed by atoms with Crippen molar-refractivity contribution in [3.8, 4) is 5.75 Å². The molecule has 0 amide bonds. The fourth-order valence-electron chi connectivity index (χ4n) is 1.96. The van der Waals surface area contributed by atoms with Gasteiger partial charge in [-0.3, -0.25) is 0 Å². The molecular weight excluding hydrogens is 286 g/mol. The van der Waals surface area contributed by atoms with Gasteiger partial charge in [0.05, 0.1) is 18.2 Å². The number of aliphatic hydroxyl groups is 1. The van der Waals surface area contributed by atoms with Gasteiger partial charge in [-0.15, -0.1) is 0 Å². The highest BCUT2D eigenvalue weighted by molar-refractivity contribution is 6.32. The molecule has 0 heterocycles. The highest BCUT2D eigenvalue weighted by Gasteiger charge is 2.12. The van der Waals surface area contributed by atoms with Gasteiger partial charge in [-0.1, -0.05) is 17.7 Å². The van der Waals surface area contributed by atoms with E-state index in [1.165, 1.54) is 19.2 Å². The molecule has 2 nitrogen and oxygen atoms in total. The third-order valence-electron chi connectivity index (χ3n) is 2.91. The van der Waals surface area contributed by atoms with Crippen LogP contribution in [0.25, 0.3) is 0 Å². The van der Waals surface area contributed by atoms with Crippen molar-refractivity contribution >= 4 is 11.6 Å². The first kappa shape index (κ1) is 14.8. The molecule has 0 aliphatic carbocycles. The van der Waals surface area contributed by atoms with Gasteiger partial charge in [-0.05, 0) is 35.4 Å². The Hall–Kier alpha value is -1.65. The summed E-state index contributed by atoms with van der Waals surface area (Å²) in [5.41, 5.74) is 0.933. The van der Waals surface area contributed by atoms with Crippen LogP contribution in [0.3, 0.4) is 0 Å². The summed E-state index contributed by atoms with van der Waals surface area (Å²) in [5.74, 6) is -0.834. The van der Waals surface area contributed by atoms with E-state index in [1.807, 2.05) is 0 Å². The van der Waals surface area contributed by atoms with Crippen LogP contribution in [0.4, 0.5) is 8.78 Å². The molecule has 0 aliphatic heterocycles. The summed E-state index contributed by atoms with van der Waals surface area (Å²) >= 11 is 5.97. The monoisotopic (exact) mass is 298 g/mol. The highest BCUT2D eigenvalue weighted by atomic mass is 35.5. The normalized spacial score (nSPS) is 12.2. The number of aliphatic hydroxyl groups excluding tert-OH is 1. The molecule has 2 aromatic rings. The van der Waals surface area contributed by atoms with Crippen LogP contribution in [-0.4, -0.2) is 12.2 Å². The molecule has 0 spiro atoms. The third-order valence-corrected chi connectivity index (χ3v) is 3.21. The van der Waals surface area contributed by atoms with Crippen molar-refractivity contribution in [2.24, 2.45) is 0 Å². The molecule has 0 bridgehead atoms. The second kappa shape index (κ2) is 6.20. The summed E-state index contributed by atoms with van der Waals surface area (Å²) in [6.07, 6.45) is -0.809. The minimum atomic E-state index is -0.903. The van der Waals surface area contributed by atoms with Crippen molar-refractivity contribution in [2.45, 2.75) is 12.5 Å². The molecule has 1 unspecified atom stereocenters. The van der Waals surface area contributed by atoms with E-state index in [0.29, 0.717) is 21.9 Å². The van der Waals surface area contributed by atoms with Crippen LogP contribution >= 0.6 is 11.6 Å². The van der Waals surface area contributed by atoms with Crippen molar-refractivity contribution in [1.82, 2.24) is 0 Å². The van der Waals surface area contributed by atoms with Crippen LogP contribution in [-0.2, 0) is 6.42 Å². The van der Waals surface area contributed by atoms with Gasteiger partial charge >= 0.3 is 0 Å². The van der Waals surface area contributed by atoms with E-state index < -0.39 is 17.7 Å². The predicted molar refractivity (Wildman–Crippen MR) is 73.0 cm³/mol. The fourth-order valence-corrected chi connectivity index (χ4v) is 2.23. The van der Waals surface area contributed by atoms with Gasteiger partial charge in [-0.25, -0.2) is 8.78 Å². The molecule has 0 aliphatic rings. The molecule has 2 aromatic carbocycles. The molecule has 106 valence electrons. The number of hydrogen-bond donors (Lipinski definition) is 1. The van der Waals surface area contributed by atoms with Crippen LogP contribution in [0.15, 0.2) is 36.4 Å². The Bertz CT molecular complexity index is 597. The lowest BCUT2D eigenvalue weighted by atomic mass is 10.0. The molecular formula is C15H13ClF2O2. The Balaban J connectivity index is 2.19. The average molecular weight is 299 g/mol. The van der Waals surface area contributed by atoms with Gasteiger partial charge in [0.25, 0.3) is 0 Å². The van der Waals surface area contributed by atoms with Gasteiger partial charge in [0.15, 0.2) is 0 Å². The lowest BCUT2D eigenvalue weighted by Gasteiger charge is -2.13. The molecule has 1 atom stereocenters. The SMILES string of the molecule is COc1ccc(C(O)Cc2cc(F)cc(F)c2)cc1Cl. The average Bonchev–Trinajstić information content (AvgIpc) is 2.37. The molecule has 20 heavy (non-hydrogen) atoms. The predicted octanol–water partition coefficient (Wildman–Crippen LogP) is 3.90. The van der Waals surface area contributed by atoms with Crippen LogP contribution in [0.5, 0.6) is 5.75 Å². The van der Waals surface area contributed by atoms with Gasteiger partial charge < -0.3 is 9.84 Å². The maximum atomic E-state index is 13.1. The molecule has 5 heteroatoms. The maximum absolute atomic E-state index is 13.1. The summed E-state index contributed by atoms with van der Waals surface area (Å²) < 4.78 is 31.2. The van der Waals surface area contributed by atoms with Crippen LogP contribution in [0, 0.1) is 11.6 Å². The summed E-state index contributed by atoms with van der Waals surface area (Å²) in [4.78, 5) is 0. The second-order valence-electron chi connectivity index (χ2n) is 4.39. The number of hydrogen-bond acceptors (Lipinski definition) is 2. The van der Waals surface area contributed by atoms with E-state index in [1.54, 1.807) is 18.2 Å². The molecule has 0 saturated carbocycles. The Morgan fingerprint density at radius 2 is 1.80 bits per heavy atom. The zero-order chi connectivity index (χ0) is 14.7. The Morgan fingerprint density at radius 3 is 2.35 bits per heavy atom. The quantitative estimate of drug-likeness (QED) is 0.927. The van der Waals surface area contributed by atoms with Crippen LogP contribution < -0.4 is 4.74 Å². The Labute approximate surface area is 120 Å². The third kappa shape index (κ3) is 3.46. The van der Waals surface area contributed by atoms with E-state index >= 15 is 0 Å². The Morgan fingerprint density at radius 1 is 1.15 bits per heavy atom. The molecule has 0 aromatic heterocycles. The first-order chi connectivity index (χ1) is 9.49. The zero-order valence-electron chi connectivity index (χ0n) is 10.7. The molecule has 0 fully saturated rings. The standard InChI is InChI=1S/C15H13ClF2O2/c1-20-15-3-2-10(7-13(15)16)14(19)6-9-4-11(17)8-12(18)5-9/h2-5,7-8,14,19H,6H2,1H3. The second-order valence-corrected chi connectivity index (χ2v) is 4.80. The number of methoxy groups -OCH3 is 1. The van der Waals surface area contributed by atoms with E-state index in [4.69, 9.17) is 16.3 Å². The summed E-state index contributed by atoms with van der Waals surface area (Å²) in [6, 6.07) is 8.04. The van der Waals surface area contributed by atoms with Crippen molar-refractivity contribution in [3.63, 3.8) is 0 Å². The molecule has 1 N–H and O–H groups in total. The van der Waals surface area contributed by atoms with Crippen molar-refractivity contribution in [2.75, 3.05) is 7.11 Å². The largest absolute Gasteiger partial charge is 0.495 e. The minimum Gasteiger partial charge on any atom is -0.495 e. The highest BCUT2D eigenvalue weighted by Crippen LogP contribution is 2.29. The Kier molecular flexibility index (Phi) is 4.57. The topological polar surface area (TPSA) is 29.5 Å². The number of halogens is 3. The number of ether oxygens (including phenoxy) is 1. The first-order valence-electron chi connectivity index (χ1n) is 5.96. The van der Waals surface area contributed by atoms with Gasteiger partial charge in [0.1, 0.15) is 17.4 Å². The van der Waals surface area contributed by atoms with E-state index in [9.17, 15) is 13.9 Å². The van der Waals surface area contributed by atoms with Gasteiger partial charge in [0.2, 0.25) is 0 Å². The fraction of sp³-hybridized carbons (Fsp3) is 0.200. The zero-order valence-corrected chi connectivity index (χ0v) is 11.5. The van der Waals surface area contributed by atoms with Gasteiger partial charge in [-0.2, -0.15) is 0 Å². The van der Waals surface area contributed by atoms with Crippen molar-refractivity contribution < 1.29 is 18.6 Å². The molecule has 0 radical (unpaired) electrons. The van der Waals surface area contributed by atoms with Crippen LogP contribution in [0.1, 0.15) is 17.2 Å². The van der Waals surface area contributed by atoms with E-state index in [2.05, 4.69) is 0 Å².